The average molecular weight is 299 g/mol. The van der Waals surface area contributed by atoms with Crippen LogP contribution in [0.25, 0.3) is 0 Å². The first-order chi connectivity index (χ1) is 9.15. The second-order valence-corrected chi connectivity index (χ2v) is 6.80. The van der Waals surface area contributed by atoms with Crippen LogP contribution in [0.4, 0.5) is 10.1 Å². The predicted molar refractivity (Wildman–Crippen MR) is 80.7 cm³/mol. The molecule has 2 nitrogen and oxygen atoms in total. The fraction of sp³-hybridized carbons (Fsp3) is 0.500. The van der Waals surface area contributed by atoms with E-state index in [1.165, 1.54) is 37.8 Å². The van der Waals surface area contributed by atoms with Crippen molar-refractivity contribution in [1.29, 1.82) is 0 Å². The molecule has 1 aromatic rings. The highest BCUT2D eigenvalue weighted by atomic mass is 35.5. The van der Waals surface area contributed by atoms with E-state index >= 15 is 0 Å². The minimum Gasteiger partial charge on any atom is -0.335 e. The molecule has 1 spiro atoms. The molecule has 0 saturated heterocycles. The minimum absolute atomic E-state index is 0.330. The predicted octanol–water partition coefficient (Wildman–Crippen LogP) is 4.55. The number of hydrogen-bond donors (Lipinski definition) is 1. The topological polar surface area (TPSA) is 24.4 Å². The van der Waals surface area contributed by atoms with Gasteiger partial charge < -0.3 is 5.32 Å². The molecule has 102 valence electrons. The monoisotopic (exact) mass is 298 g/mol. The van der Waals surface area contributed by atoms with Gasteiger partial charge in [0.1, 0.15) is 5.82 Å². The fourth-order valence-corrected chi connectivity index (χ4v) is 4.20. The van der Waals surface area contributed by atoms with E-state index in [-0.39, 0.29) is 5.82 Å². The number of hydrogen-bond acceptors (Lipinski definition) is 3. The summed E-state index contributed by atoms with van der Waals surface area (Å²) >= 11 is 7.58. The summed E-state index contributed by atoms with van der Waals surface area (Å²) in [6, 6.07) is 4.46. The molecule has 0 radical (unpaired) electrons. The van der Waals surface area contributed by atoms with E-state index in [2.05, 4.69) is 10.3 Å². The summed E-state index contributed by atoms with van der Waals surface area (Å²) < 4.78 is 13.3. The van der Waals surface area contributed by atoms with Gasteiger partial charge in [-0.1, -0.05) is 36.2 Å². The first kappa shape index (κ1) is 13.3. The van der Waals surface area contributed by atoms with E-state index in [9.17, 15) is 4.39 Å². The largest absolute Gasteiger partial charge is 0.335 e. The molecular formula is C14H16ClFN2S. The Hall–Kier alpha value is -0.740. The Morgan fingerprint density at radius 1 is 1.26 bits per heavy atom. The zero-order valence-corrected chi connectivity index (χ0v) is 12.2. The fourth-order valence-electron chi connectivity index (χ4n) is 2.80. The summed E-state index contributed by atoms with van der Waals surface area (Å²) in [6.45, 7) is 0.894. The van der Waals surface area contributed by atoms with Crippen LogP contribution in [0.1, 0.15) is 25.7 Å². The van der Waals surface area contributed by atoms with Crippen LogP contribution in [0.5, 0.6) is 0 Å². The highest BCUT2D eigenvalue weighted by molar-refractivity contribution is 8.14. The van der Waals surface area contributed by atoms with Crippen molar-refractivity contribution in [2.75, 3.05) is 17.6 Å². The zero-order valence-electron chi connectivity index (χ0n) is 10.6. The van der Waals surface area contributed by atoms with Gasteiger partial charge in [-0.2, -0.15) is 0 Å². The second-order valence-electron chi connectivity index (χ2n) is 5.40. The molecule has 1 aromatic carbocycles. The van der Waals surface area contributed by atoms with Crippen LogP contribution in [0.15, 0.2) is 23.2 Å². The van der Waals surface area contributed by atoms with Crippen LogP contribution < -0.4 is 5.32 Å². The first-order valence-electron chi connectivity index (χ1n) is 6.56. The van der Waals surface area contributed by atoms with Crippen LogP contribution in [-0.2, 0) is 0 Å². The van der Waals surface area contributed by atoms with E-state index in [1.54, 1.807) is 17.8 Å². The third-order valence-electron chi connectivity index (χ3n) is 3.85. The molecule has 0 aromatic heterocycles. The molecule has 2 aliphatic rings. The number of halogens is 2. The van der Waals surface area contributed by atoms with Gasteiger partial charge in [-0.05, 0) is 36.5 Å². The summed E-state index contributed by atoms with van der Waals surface area (Å²) in [7, 11) is 0. The maximum atomic E-state index is 13.3. The van der Waals surface area contributed by atoms with E-state index in [0.29, 0.717) is 16.1 Å². The molecule has 1 aliphatic carbocycles. The molecule has 1 heterocycles. The van der Waals surface area contributed by atoms with Crippen molar-refractivity contribution < 1.29 is 4.39 Å². The lowest BCUT2D eigenvalue weighted by atomic mass is 9.89. The van der Waals surface area contributed by atoms with Crippen molar-refractivity contribution in [3.05, 3.63) is 29.0 Å². The highest BCUT2D eigenvalue weighted by Crippen LogP contribution is 2.43. The molecule has 0 atom stereocenters. The van der Waals surface area contributed by atoms with Gasteiger partial charge in [-0.3, -0.25) is 4.99 Å². The molecule has 3 rings (SSSR count). The molecule has 1 fully saturated rings. The number of rotatable bonds is 1. The van der Waals surface area contributed by atoms with E-state index < -0.39 is 0 Å². The van der Waals surface area contributed by atoms with E-state index in [4.69, 9.17) is 11.6 Å². The van der Waals surface area contributed by atoms with Crippen LogP contribution >= 0.6 is 23.4 Å². The number of thioether (sulfide) groups is 1. The third-order valence-corrected chi connectivity index (χ3v) is 5.33. The van der Waals surface area contributed by atoms with Crippen molar-refractivity contribution in [2.24, 2.45) is 10.4 Å². The van der Waals surface area contributed by atoms with Gasteiger partial charge in [0, 0.05) is 23.0 Å². The van der Waals surface area contributed by atoms with E-state index in [1.807, 2.05) is 0 Å². The molecule has 1 N–H and O–H groups in total. The lowest BCUT2D eigenvalue weighted by molar-refractivity contribution is 0.359. The van der Waals surface area contributed by atoms with E-state index in [0.717, 1.165) is 17.5 Å². The van der Waals surface area contributed by atoms with Crippen molar-refractivity contribution >= 4 is 34.2 Å². The number of nitrogens with zero attached hydrogens (tertiary/aromatic N) is 1. The summed E-state index contributed by atoms with van der Waals surface area (Å²) in [6.07, 6.45) is 5.25. The lowest BCUT2D eigenvalue weighted by Gasteiger charge is -2.31. The maximum absolute atomic E-state index is 13.3. The third kappa shape index (κ3) is 3.06. The van der Waals surface area contributed by atoms with Crippen molar-refractivity contribution in [2.45, 2.75) is 25.7 Å². The van der Waals surface area contributed by atoms with Crippen molar-refractivity contribution in [1.82, 2.24) is 0 Å². The SMILES string of the molecule is Fc1cc(Cl)cc(NC2=NCC3(CCCC3)CS2)c1. The van der Waals surface area contributed by atoms with Crippen molar-refractivity contribution in [3.63, 3.8) is 0 Å². The van der Waals surface area contributed by atoms with Gasteiger partial charge >= 0.3 is 0 Å². The number of nitrogens with one attached hydrogen (secondary N) is 1. The van der Waals surface area contributed by atoms with Gasteiger partial charge in [0.25, 0.3) is 0 Å². The maximum Gasteiger partial charge on any atom is 0.161 e. The number of amidine groups is 1. The molecule has 1 aliphatic heterocycles. The Kier molecular flexibility index (Phi) is 3.72. The molecular weight excluding hydrogens is 283 g/mol. The smallest absolute Gasteiger partial charge is 0.161 e. The standard InChI is InChI=1S/C14H16ClFN2S/c15-10-5-11(16)7-12(6-10)18-13-17-8-14(9-19-13)3-1-2-4-14/h5-7H,1-4,8-9H2,(H,17,18). The van der Waals surface area contributed by atoms with Crippen LogP contribution in [0.3, 0.4) is 0 Å². The molecule has 0 bridgehead atoms. The molecule has 0 unspecified atom stereocenters. The van der Waals surface area contributed by atoms with Gasteiger partial charge in [0.2, 0.25) is 0 Å². The molecule has 1 saturated carbocycles. The Bertz CT molecular complexity index is 492. The second kappa shape index (κ2) is 5.33. The van der Waals surface area contributed by atoms with Crippen LogP contribution in [0.2, 0.25) is 5.02 Å². The van der Waals surface area contributed by atoms with Gasteiger partial charge in [0.15, 0.2) is 5.17 Å². The number of benzene rings is 1. The molecule has 0 amide bonds. The Labute approximate surface area is 121 Å². The molecule has 5 heteroatoms. The minimum atomic E-state index is -0.330. The van der Waals surface area contributed by atoms with Gasteiger partial charge in [-0.25, -0.2) is 4.39 Å². The van der Waals surface area contributed by atoms with Crippen LogP contribution in [0, 0.1) is 11.2 Å². The quantitative estimate of drug-likeness (QED) is 0.822. The number of anilines is 1. The highest BCUT2D eigenvalue weighted by Gasteiger charge is 2.36. The summed E-state index contributed by atoms with van der Waals surface area (Å²) in [5.74, 6) is 0.783. The Balaban J connectivity index is 1.69. The Morgan fingerprint density at radius 3 is 2.68 bits per heavy atom. The van der Waals surface area contributed by atoms with Gasteiger partial charge in [0.05, 0.1) is 0 Å². The first-order valence-corrected chi connectivity index (χ1v) is 7.92. The summed E-state index contributed by atoms with van der Waals surface area (Å²) in [5.41, 5.74) is 1.09. The average Bonchev–Trinajstić information content (AvgIpc) is 2.80. The summed E-state index contributed by atoms with van der Waals surface area (Å²) in [4.78, 5) is 4.62. The zero-order chi connectivity index (χ0) is 13.3. The van der Waals surface area contributed by atoms with Crippen LogP contribution in [-0.4, -0.2) is 17.5 Å². The summed E-state index contributed by atoms with van der Waals surface area (Å²) in [5, 5.41) is 4.43. The Morgan fingerprint density at radius 2 is 2.05 bits per heavy atom. The van der Waals surface area contributed by atoms with Gasteiger partial charge in [-0.15, -0.1) is 0 Å². The lowest BCUT2D eigenvalue weighted by Crippen LogP contribution is -2.30. The normalized spacial score (nSPS) is 21.5. The van der Waals surface area contributed by atoms with Crippen molar-refractivity contribution in [3.8, 4) is 0 Å². The molecule has 19 heavy (non-hydrogen) atoms. The number of aliphatic imine (C=N–C) groups is 1.